The summed E-state index contributed by atoms with van der Waals surface area (Å²) in [4.78, 5) is 24.4. The molecule has 0 aromatic carbocycles. The van der Waals surface area contributed by atoms with Crippen LogP contribution in [0, 0.1) is 0 Å². The average molecular weight is 256 g/mol. The van der Waals surface area contributed by atoms with Crippen molar-refractivity contribution in [2.75, 3.05) is 13.3 Å². The minimum absolute atomic E-state index is 0.0645. The maximum absolute atomic E-state index is 11.7. The number of thioether (sulfide) groups is 1. The predicted octanol–water partition coefficient (Wildman–Crippen LogP) is 1.01. The fraction of sp³-hybridized carbons (Fsp3) is 0.833. The lowest BCUT2D eigenvalue weighted by molar-refractivity contribution is -0.137. The van der Waals surface area contributed by atoms with Crippen LogP contribution in [0.4, 0.5) is 0 Å². The molecule has 2 aliphatic rings. The molecular formula is C12H20N2O2S. The van der Waals surface area contributed by atoms with Gasteiger partial charge in [0.2, 0.25) is 11.8 Å². The summed E-state index contributed by atoms with van der Waals surface area (Å²) in [5, 5.41) is 4.13. The number of hydrogen-bond donors (Lipinski definition) is 1. The Bertz CT molecular complexity index is 314. The maximum Gasteiger partial charge on any atom is 0.246 e. The quantitative estimate of drug-likeness (QED) is 0.766. The molecule has 5 heteroatoms. The highest BCUT2D eigenvalue weighted by molar-refractivity contribution is 7.99. The topological polar surface area (TPSA) is 49.4 Å². The van der Waals surface area contributed by atoms with Crippen molar-refractivity contribution in [3.05, 3.63) is 0 Å². The van der Waals surface area contributed by atoms with Crippen LogP contribution in [0.3, 0.4) is 0 Å². The lowest BCUT2D eigenvalue weighted by atomic mass is 9.94. The van der Waals surface area contributed by atoms with Crippen molar-refractivity contribution in [2.45, 2.75) is 49.4 Å². The molecule has 1 aliphatic carbocycles. The van der Waals surface area contributed by atoms with Gasteiger partial charge < -0.3 is 5.32 Å². The Morgan fingerprint density at radius 3 is 2.35 bits per heavy atom. The van der Waals surface area contributed by atoms with Crippen molar-refractivity contribution in [1.82, 2.24) is 10.2 Å². The zero-order valence-electron chi connectivity index (χ0n) is 10.4. The molecule has 2 fully saturated rings. The van der Waals surface area contributed by atoms with Crippen molar-refractivity contribution < 1.29 is 9.59 Å². The highest BCUT2D eigenvalue weighted by Crippen LogP contribution is 2.27. The number of likely N-dealkylation sites (tertiary alicyclic amines) is 1. The number of carbonyl (C=O) groups excluding carboxylic acids is 2. The van der Waals surface area contributed by atoms with Crippen LogP contribution < -0.4 is 5.32 Å². The van der Waals surface area contributed by atoms with Gasteiger partial charge in [0.05, 0.1) is 12.5 Å². The van der Waals surface area contributed by atoms with Crippen LogP contribution in [0.2, 0.25) is 0 Å². The largest absolute Gasteiger partial charge is 0.303 e. The van der Waals surface area contributed by atoms with E-state index in [1.165, 1.54) is 17.7 Å². The van der Waals surface area contributed by atoms with E-state index in [1.807, 2.05) is 11.8 Å². The van der Waals surface area contributed by atoms with Gasteiger partial charge in [0.1, 0.15) is 0 Å². The molecule has 2 amide bonds. The summed E-state index contributed by atoms with van der Waals surface area (Å²) in [6.45, 7) is 0. The average Bonchev–Trinajstić information content (AvgIpc) is 2.58. The first-order chi connectivity index (χ1) is 8.11. The zero-order chi connectivity index (χ0) is 12.4. The van der Waals surface area contributed by atoms with Crippen LogP contribution in [0.5, 0.6) is 0 Å². The predicted molar refractivity (Wildman–Crippen MR) is 68.9 cm³/mol. The van der Waals surface area contributed by atoms with Crippen LogP contribution in [0.1, 0.15) is 32.1 Å². The van der Waals surface area contributed by atoms with Gasteiger partial charge in [-0.15, -0.1) is 0 Å². The molecule has 1 saturated carbocycles. The summed E-state index contributed by atoms with van der Waals surface area (Å²) in [5.41, 5.74) is 0. The highest BCUT2D eigenvalue weighted by atomic mass is 32.2. The van der Waals surface area contributed by atoms with E-state index in [0.29, 0.717) is 12.5 Å². The SMILES string of the molecule is CSC1CCC(NC2CC(=O)N(C)C2=O)CC1. The molecule has 0 radical (unpaired) electrons. The number of carbonyl (C=O) groups is 2. The second-order valence-electron chi connectivity index (χ2n) is 4.92. The number of nitrogens with zero attached hydrogens (tertiary/aromatic N) is 1. The van der Waals surface area contributed by atoms with Gasteiger partial charge in [-0.2, -0.15) is 11.8 Å². The minimum Gasteiger partial charge on any atom is -0.303 e. The monoisotopic (exact) mass is 256 g/mol. The number of hydrogen-bond acceptors (Lipinski definition) is 4. The lowest BCUT2D eigenvalue weighted by Gasteiger charge is -2.29. The van der Waals surface area contributed by atoms with Crippen LogP contribution >= 0.6 is 11.8 Å². The molecule has 96 valence electrons. The van der Waals surface area contributed by atoms with Gasteiger partial charge in [0.15, 0.2) is 0 Å². The molecule has 2 rings (SSSR count). The third-order valence-corrected chi connectivity index (χ3v) is 4.96. The molecule has 0 aromatic rings. The Labute approximate surface area is 106 Å². The molecule has 1 heterocycles. The molecule has 1 saturated heterocycles. The minimum atomic E-state index is -0.275. The van der Waals surface area contributed by atoms with Crippen molar-refractivity contribution in [1.29, 1.82) is 0 Å². The van der Waals surface area contributed by atoms with Gasteiger partial charge in [0, 0.05) is 18.3 Å². The molecule has 1 N–H and O–H groups in total. The first-order valence-electron chi connectivity index (χ1n) is 6.21. The Balaban J connectivity index is 1.83. The smallest absolute Gasteiger partial charge is 0.246 e. The molecule has 0 spiro atoms. The first kappa shape index (κ1) is 12.9. The third-order valence-electron chi connectivity index (χ3n) is 3.83. The van der Waals surface area contributed by atoms with Gasteiger partial charge in [-0.05, 0) is 31.9 Å². The Morgan fingerprint density at radius 2 is 1.88 bits per heavy atom. The van der Waals surface area contributed by atoms with Crippen molar-refractivity contribution in [2.24, 2.45) is 0 Å². The van der Waals surface area contributed by atoms with Gasteiger partial charge in [-0.3, -0.25) is 14.5 Å². The van der Waals surface area contributed by atoms with Crippen LogP contribution in [-0.4, -0.2) is 47.4 Å². The molecule has 1 atom stereocenters. The van der Waals surface area contributed by atoms with E-state index in [4.69, 9.17) is 0 Å². The maximum atomic E-state index is 11.7. The van der Waals surface area contributed by atoms with Crippen LogP contribution in [-0.2, 0) is 9.59 Å². The Kier molecular flexibility index (Phi) is 4.09. The number of likely N-dealkylation sites (N-methyl/N-ethyl adjacent to an activating group) is 1. The van der Waals surface area contributed by atoms with E-state index >= 15 is 0 Å². The van der Waals surface area contributed by atoms with Gasteiger partial charge in [0.25, 0.3) is 0 Å². The Hall–Kier alpha value is -0.550. The van der Waals surface area contributed by atoms with Crippen LogP contribution in [0.15, 0.2) is 0 Å². The van der Waals surface area contributed by atoms with E-state index in [9.17, 15) is 9.59 Å². The molecule has 1 unspecified atom stereocenters. The van der Waals surface area contributed by atoms with E-state index in [2.05, 4.69) is 11.6 Å². The number of amides is 2. The van der Waals surface area contributed by atoms with E-state index in [1.54, 1.807) is 7.05 Å². The van der Waals surface area contributed by atoms with Crippen molar-refractivity contribution >= 4 is 23.6 Å². The Morgan fingerprint density at radius 1 is 1.24 bits per heavy atom. The normalized spacial score (nSPS) is 34.5. The summed E-state index contributed by atoms with van der Waals surface area (Å²) in [6, 6.07) is 0.134. The number of rotatable bonds is 3. The fourth-order valence-electron chi connectivity index (χ4n) is 2.64. The summed E-state index contributed by atoms with van der Waals surface area (Å²) >= 11 is 1.93. The van der Waals surface area contributed by atoms with E-state index < -0.39 is 0 Å². The summed E-state index contributed by atoms with van der Waals surface area (Å²) in [5.74, 6) is -0.132. The molecule has 17 heavy (non-hydrogen) atoms. The number of imide groups is 1. The zero-order valence-corrected chi connectivity index (χ0v) is 11.3. The molecular weight excluding hydrogens is 236 g/mol. The van der Waals surface area contributed by atoms with Crippen LogP contribution in [0.25, 0.3) is 0 Å². The number of nitrogens with one attached hydrogen (secondary N) is 1. The summed E-state index contributed by atoms with van der Waals surface area (Å²) in [6.07, 6.45) is 7.15. The lowest BCUT2D eigenvalue weighted by Crippen LogP contribution is -2.44. The fourth-order valence-corrected chi connectivity index (χ4v) is 3.38. The van der Waals surface area contributed by atoms with E-state index in [0.717, 1.165) is 18.1 Å². The second-order valence-corrected chi connectivity index (χ2v) is 6.06. The molecule has 0 bridgehead atoms. The molecule has 1 aliphatic heterocycles. The van der Waals surface area contributed by atoms with Gasteiger partial charge >= 0.3 is 0 Å². The molecule has 4 nitrogen and oxygen atoms in total. The van der Waals surface area contributed by atoms with Crippen molar-refractivity contribution in [3.8, 4) is 0 Å². The first-order valence-corrected chi connectivity index (χ1v) is 7.50. The summed E-state index contributed by atoms with van der Waals surface area (Å²) < 4.78 is 0. The summed E-state index contributed by atoms with van der Waals surface area (Å²) in [7, 11) is 1.57. The standard InChI is InChI=1S/C12H20N2O2S/c1-14-11(15)7-10(12(14)16)13-8-3-5-9(17-2)6-4-8/h8-10,13H,3-7H2,1-2H3. The van der Waals surface area contributed by atoms with Gasteiger partial charge in [-0.1, -0.05) is 0 Å². The van der Waals surface area contributed by atoms with Crippen molar-refractivity contribution in [3.63, 3.8) is 0 Å². The second kappa shape index (κ2) is 5.40. The van der Waals surface area contributed by atoms with Gasteiger partial charge in [-0.25, -0.2) is 0 Å². The third kappa shape index (κ3) is 2.83. The van der Waals surface area contributed by atoms with E-state index in [-0.39, 0.29) is 17.9 Å². The highest BCUT2D eigenvalue weighted by Gasteiger charge is 2.37. The molecule has 0 aromatic heterocycles.